The van der Waals surface area contributed by atoms with Gasteiger partial charge in [-0.05, 0) is 6.42 Å². The second-order valence-corrected chi connectivity index (χ2v) is 1.87. The van der Waals surface area contributed by atoms with Crippen molar-refractivity contribution in [1.29, 1.82) is 0 Å². The molecule has 3 N–H and O–H groups in total. The Bertz CT molecular complexity index is 150. The number of nitrogens with two attached hydrogens (primary N) is 1. The molecule has 0 aliphatic carbocycles. The van der Waals surface area contributed by atoms with Gasteiger partial charge in [-0.1, -0.05) is 6.92 Å². The Morgan fingerprint density at radius 2 is 1.82 bits per heavy atom. The molecule has 0 aromatic rings. The minimum absolute atomic E-state index is 0. The van der Waals surface area contributed by atoms with Gasteiger partial charge in [0, 0.05) is 17.4 Å². The van der Waals surface area contributed by atoms with E-state index in [4.69, 9.17) is 18.7 Å². The zero-order valence-corrected chi connectivity index (χ0v) is 10.5. The van der Waals surface area contributed by atoms with E-state index in [0.29, 0.717) is 6.42 Å². The fourth-order valence-corrected chi connectivity index (χ4v) is 0.246. The first-order chi connectivity index (χ1) is 4.50. The molecule has 7 heteroatoms. The van der Waals surface area contributed by atoms with Gasteiger partial charge in [0.15, 0.2) is 0 Å². The Labute approximate surface area is 110 Å². The van der Waals surface area contributed by atoms with E-state index >= 15 is 0 Å². The third kappa shape index (κ3) is 55.5. The van der Waals surface area contributed by atoms with Crippen LogP contribution in [0.1, 0.15) is 19.8 Å². The van der Waals surface area contributed by atoms with Gasteiger partial charge in [0.25, 0.3) is 0 Å². The molecule has 0 saturated heterocycles. The maximum atomic E-state index is 9.82. The quantitative estimate of drug-likeness (QED) is 0.219. The van der Waals surface area contributed by atoms with Crippen molar-refractivity contribution < 1.29 is 69.1 Å². The van der Waals surface area contributed by atoms with Crippen LogP contribution in [0.15, 0.2) is 0 Å². The number of primary amides is 1. The van der Waals surface area contributed by atoms with Crippen LogP contribution in [-0.4, -0.2) is 10.5 Å². The van der Waals surface area contributed by atoms with Gasteiger partial charge in [-0.2, -0.15) is 0 Å². The maximum absolute atomic E-state index is 9.82. The van der Waals surface area contributed by atoms with Gasteiger partial charge >= 0.3 is 51.4 Å². The van der Waals surface area contributed by atoms with E-state index in [1.165, 1.54) is 0 Å². The van der Waals surface area contributed by atoms with E-state index in [1.54, 1.807) is 0 Å². The molecule has 0 atom stereocenters. The number of amides is 1. The average molecular weight is 207 g/mol. The molecule has 0 spiro atoms. The molecule has 5 nitrogen and oxygen atoms in total. The van der Waals surface area contributed by atoms with Gasteiger partial charge in [-0.25, -0.2) is 0 Å². The fourth-order valence-electron chi connectivity index (χ4n) is 0.246. The number of hydrogen-bond donors (Lipinski definition) is 2. The molecule has 0 bridgehead atoms. The fraction of sp³-hybridized carbons (Fsp3) is 0.750. The first kappa shape index (κ1) is 17.9. The summed E-state index contributed by atoms with van der Waals surface area (Å²) in [6, 6.07) is 0. The summed E-state index contributed by atoms with van der Waals surface area (Å²) in [5.41, 5.74) is 4.76. The van der Waals surface area contributed by atoms with Crippen molar-refractivity contribution >= 4 is 16.9 Å². The van der Waals surface area contributed by atoms with Gasteiger partial charge in [0.2, 0.25) is 5.91 Å². The number of carbonyl (C=O) groups excluding carboxylic acids is 1. The van der Waals surface area contributed by atoms with Gasteiger partial charge in [0.1, 0.15) is 0 Å². The average Bonchev–Trinajstić information content (AvgIpc) is 1.62. The summed E-state index contributed by atoms with van der Waals surface area (Å²) in [6.45, 7) is 1.92. The van der Waals surface area contributed by atoms with E-state index in [2.05, 4.69) is 0 Å². The Kier molecular flexibility index (Phi) is 22.2. The molecule has 0 aliphatic heterocycles. The van der Waals surface area contributed by atoms with Gasteiger partial charge in [-0.3, -0.25) is 4.79 Å². The van der Waals surface area contributed by atoms with E-state index in [0.717, 1.165) is 6.42 Å². The van der Waals surface area contributed by atoms with Crippen LogP contribution in [0.4, 0.5) is 0 Å². The SMILES string of the molecule is CCCC(N)=O.O=[S-](=O)O.[K+]. The Morgan fingerprint density at radius 3 is 1.82 bits per heavy atom. The van der Waals surface area contributed by atoms with Crippen molar-refractivity contribution in [3.63, 3.8) is 0 Å². The van der Waals surface area contributed by atoms with Crippen LogP contribution in [0.25, 0.3) is 0 Å². The van der Waals surface area contributed by atoms with Crippen LogP contribution in [0.2, 0.25) is 0 Å². The summed E-state index contributed by atoms with van der Waals surface area (Å²) < 4.78 is 24.1. The number of carbonyl (C=O) groups is 1. The summed E-state index contributed by atoms with van der Waals surface area (Å²) in [6.07, 6.45) is 1.37. The molecule has 62 valence electrons. The Morgan fingerprint density at radius 1 is 1.55 bits per heavy atom. The third-order valence-corrected chi connectivity index (χ3v) is 0.496. The van der Waals surface area contributed by atoms with Crippen LogP contribution >= 0.6 is 0 Å². The molecule has 1 amide bonds. The molecule has 0 saturated carbocycles. The van der Waals surface area contributed by atoms with Crippen molar-refractivity contribution in [1.82, 2.24) is 0 Å². The van der Waals surface area contributed by atoms with Gasteiger partial charge in [-0.15, -0.1) is 0 Å². The van der Waals surface area contributed by atoms with E-state index < -0.39 is 11.0 Å². The molecular weight excluding hydrogens is 197 g/mol. The number of hydrogen-bond acceptors (Lipinski definition) is 4. The predicted octanol–water partition coefficient (Wildman–Crippen LogP) is -2.96. The summed E-state index contributed by atoms with van der Waals surface area (Å²) in [5.74, 6) is -0.211. The first-order valence-corrected chi connectivity index (χ1v) is 3.60. The number of rotatable bonds is 2. The molecule has 0 fully saturated rings. The molecule has 0 aliphatic rings. The molecule has 0 aromatic heterocycles. The van der Waals surface area contributed by atoms with Crippen molar-refractivity contribution in [3.8, 4) is 0 Å². The molecule has 0 aromatic carbocycles. The molecule has 0 rings (SSSR count). The van der Waals surface area contributed by atoms with Crippen molar-refractivity contribution in [2.75, 3.05) is 0 Å². The monoisotopic (exact) mass is 207 g/mol. The molecular formula is C4H10KNO4S. The van der Waals surface area contributed by atoms with Crippen LogP contribution < -0.4 is 57.1 Å². The Hall–Kier alpha value is 1.02. The summed E-state index contributed by atoms with van der Waals surface area (Å²) in [5, 5.41) is 0. The summed E-state index contributed by atoms with van der Waals surface area (Å²) in [7, 11) is -2.86. The summed E-state index contributed by atoms with van der Waals surface area (Å²) >= 11 is 0. The molecule has 0 radical (unpaired) electrons. The minimum Gasteiger partial charge on any atom is -0.439 e. The Balaban J connectivity index is -0.000000114. The standard InChI is InChI=1S/C4H9NO.K.HO3S/c1-2-3-4(5)6;;1-4(2)3/h2-3H2,1H3,(H2,5,6);;(H,1,2,3)/q;+1;-1. The molecule has 0 heterocycles. The topological polar surface area (TPSA) is 97.5 Å². The van der Waals surface area contributed by atoms with E-state index in [9.17, 15) is 4.79 Å². The third-order valence-electron chi connectivity index (χ3n) is 0.496. The molecule has 0 unspecified atom stereocenters. The van der Waals surface area contributed by atoms with Crippen LogP contribution in [-0.2, 0) is 24.2 Å². The van der Waals surface area contributed by atoms with Crippen molar-refractivity contribution in [2.24, 2.45) is 5.73 Å². The van der Waals surface area contributed by atoms with Gasteiger partial charge < -0.3 is 18.7 Å². The van der Waals surface area contributed by atoms with Crippen molar-refractivity contribution in [2.45, 2.75) is 19.8 Å². The van der Waals surface area contributed by atoms with E-state index in [-0.39, 0.29) is 57.3 Å². The van der Waals surface area contributed by atoms with Crippen LogP contribution in [0.5, 0.6) is 0 Å². The van der Waals surface area contributed by atoms with Crippen LogP contribution in [0, 0.1) is 0 Å². The predicted molar refractivity (Wildman–Crippen MR) is 35.5 cm³/mol. The second kappa shape index (κ2) is 13.6. The molecule has 11 heavy (non-hydrogen) atoms. The maximum Gasteiger partial charge on any atom is 1.00 e. The summed E-state index contributed by atoms with van der Waals surface area (Å²) in [4.78, 5) is 9.82. The van der Waals surface area contributed by atoms with Crippen molar-refractivity contribution in [3.05, 3.63) is 0 Å². The largest absolute Gasteiger partial charge is 1.00 e. The van der Waals surface area contributed by atoms with Crippen LogP contribution in [0.3, 0.4) is 0 Å². The van der Waals surface area contributed by atoms with Gasteiger partial charge in [0.05, 0.1) is 0 Å². The van der Waals surface area contributed by atoms with E-state index in [1.807, 2.05) is 6.92 Å². The second-order valence-electron chi connectivity index (χ2n) is 1.43. The minimum atomic E-state index is -2.86. The zero-order chi connectivity index (χ0) is 8.57. The zero-order valence-electron chi connectivity index (χ0n) is 6.57. The smallest absolute Gasteiger partial charge is 0.439 e. The normalized spacial score (nSPS) is 7.55. The first-order valence-electron chi connectivity index (χ1n) is 2.57.